The topological polar surface area (TPSA) is 66.4 Å². The molecule has 0 radical (unpaired) electrons. The van der Waals surface area contributed by atoms with E-state index in [2.05, 4.69) is 4.72 Å². The van der Waals surface area contributed by atoms with E-state index >= 15 is 0 Å². The van der Waals surface area contributed by atoms with Crippen LogP contribution in [-0.2, 0) is 22.4 Å². The van der Waals surface area contributed by atoms with Crippen LogP contribution in [0, 0.1) is 0 Å². The van der Waals surface area contributed by atoms with Gasteiger partial charge in [-0.3, -0.25) is 4.72 Å². The van der Waals surface area contributed by atoms with Crippen LogP contribution in [0.4, 0.5) is 5.69 Å². The van der Waals surface area contributed by atoms with Gasteiger partial charge in [0.2, 0.25) is 10.0 Å². The third-order valence-electron chi connectivity index (χ3n) is 2.61. The molecule has 0 saturated carbocycles. The Bertz CT molecular complexity index is 622. The van der Waals surface area contributed by atoms with Gasteiger partial charge in [0.1, 0.15) is 0 Å². The van der Waals surface area contributed by atoms with Gasteiger partial charge in [0, 0.05) is 5.69 Å². The van der Waals surface area contributed by atoms with E-state index in [4.69, 9.17) is 5.11 Å². The number of hydrogen-bond acceptors (Lipinski definition) is 3. The molecule has 5 heteroatoms. The molecule has 19 heavy (non-hydrogen) atoms. The van der Waals surface area contributed by atoms with Gasteiger partial charge >= 0.3 is 0 Å². The fourth-order valence-electron chi connectivity index (χ4n) is 1.68. The summed E-state index contributed by atoms with van der Waals surface area (Å²) in [5.41, 5.74) is 1.99. The summed E-state index contributed by atoms with van der Waals surface area (Å²) >= 11 is 0. The van der Waals surface area contributed by atoms with Crippen molar-refractivity contribution in [1.82, 2.24) is 0 Å². The number of rotatable bonds is 5. The van der Waals surface area contributed by atoms with Crippen LogP contribution in [0.25, 0.3) is 0 Å². The van der Waals surface area contributed by atoms with Gasteiger partial charge in [-0.05, 0) is 23.3 Å². The first-order valence-corrected chi connectivity index (χ1v) is 7.48. The second-order valence-corrected chi connectivity index (χ2v) is 5.92. The molecular weight excluding hydrogens is 262 g/mol. The highest BCUT2D eigenvalue weighted by Crippen LogP contribution is 2.13. The molecule has 0 amide bonds. The molecule has 0 aliphatic heterocycles. The number of benzene rings is 2. The van der Waals surface area contributed by atoms with Crippen molar-refractivity contribution >= 4 is 15.7 Å². The van der Waals surface area contributed by atoms with Crippen LogP contribution in [0.5, 0.6) is 0 Å². The van der Waals surface area contributed by atoms with Crippen LogP contribution in [0.3, 0.4) is 0 Å². The first-order valence-electron chi connectivity index (χ1n) is 5.83. The molecule has 0 aromatic heterocycles. The largest absolute Gasteiger partial charge is 0.392 e. The molecule has 0 atom stereocenters. The minimum absolute atomic E-state index is 0.0463. The van der Waals surface area contributed by atoms with E-state index in [1.54, 1.807) is 48.5 Å². The Labute approximate surface area is 112 Å². The Morgan fingerprint density at radius 2 is 1.47 bits per heavy atom. The van der Waals surface area contributed by atoms with Crippen molar-refractivity contribution in [2.45, 2.75) is 12.4 Å². The molecule has 2 aromatic rings. The van der Waals surface area contributed by atoms with E-state index in [1.165, 1.54) is 0 Å². The van der Waals surface area contributed by atoms with Crippen molar-refractivity contribution in [1.29, 1.82) is 0 Å². The Morgan fingerprint density at radius 1 is 0.895 bits per heavy atom. The summed E-state index contributed by atoms with van der Waals surface area (Å²) in [5.74, 6) is -0.0897. The van der Waals surface area contributed by atoms with E-state index in [-0.39, 0.29) is 12.4 Å². The second-order valence-electron chi connectivity index (χ2n) is 4.20. The molecule has 0 aliphatic carbocycles. The van der Waals surface area contributed by atoms with Crippen LogP contribution < -0.4 is 4.72 Å². The Hall–Kier alpha value is -1.85. The van der Waals surface area contributed by atoms with Gasteiger partial charge in [-0.2, -0.15) is 0 Å². The Balaban J connectivity index is 2.08. The van der Waals surface area contributed by atoms with Crippen molar-refractivity contribution in [3.63, 3.8) is 0 Å². The normalized spacial score (nSPS) is 11.2. The quantitative estimate of drug-likeness (QED) is 0.879. The van der Waals surface area contributed by atoms with Gasteiger partial charge in [0.05, 0.1) is 12.4 Å². The standard InChI is InChI=1S/C14H15NO3S/c16-10-12-6-8-13(9-7-12)11-19(17,18)15-14-4-2-1-3-5-14/h1-9,15-16H,10-11H2. The lowest BCUT2D eigenvalue weighted by atomic mass is 10.2. The van der Waals surface area contributed by atoms with E-state index in [1.807, 2.05) is 6.07 Å². The monoisotopic (exact) mass is 277 g/mol. The van der Waals surface area contributed by atoms with E-state index < -0.39 is 10.0 Å². The molecule has 0 aliphatic rings. The summed E-state index contributed by atoms with van der Waals surface area (Å²) in [6.07, 6.45) is 0. The molecule has 0 unspecified atom stereocenters. The molecule has 0 heterocycles. The van der Waals surface area contributed by atoms with Gasteiger partial charge in [-0.1, -0.05) is 42.5 Å². The summed E-state index contributed by atoms with van der Waals surface area (Å²) in [4.78, 5) is 0. The Morgan fingerprint density at radius 3 is 2.05 bits per heavy atom. The first-order chi connectivity index (χ1) is 9.09. The maximum absolute atomic E-state index is 12.0. The lowest BCUT2D eigenvalue weighted by molar-refractivity contribution is 0.282. The molecular formula is C14H15NO3S. The SMILES string of the molecule is O=S(=O)(Cc1ccc(CO)cc1)Nc1ccccc1. The molecule has 100 valence electrons. The number of anilines is 1. The number of sulfonamides is 1. The van der Waals surface area contributed by atoms with Gasteiger partial charge in [-0.15, -0.1) is 0 Å². The molecule has 2 rings (SSSR count). The highest BCUT2D eigenvalue weighted by molar-refractivity contribution is 7.91. The zero-order valence-electron chi connectivity index (χ0n) is 10.3. The molecule has 2 N–H and O–H groups in total. The zero-order valence-corrected chi connectivity index (χ0v) is 11.1. The van der Waals surface area contributed by atoms with Crippen molar-refractivity contribution in [3.8, 4) is 0 Å². The van der Waals surface area contributed by atoms with Crippen LogP contribution in [0.2, 0.25) is 0 Å². The van der Waals surface area contributed by atoms with Gasteiger partial charge in [-0.25, -0.2) is 8.42 Å². The minimum atomic E-state index is -3.42. The summed E-state index contributed by atoms with van der Waals surface area (Å²) in [6, 6.07) is 15.6. The highest BCUT2D eigenvalue weighted by Gasteiger charge is 2.11. The second kappa shape index (κ2) is 5.86. The predicted octanol–water partition coefficient (Wildman–Crippen LogP) is 2.12. The molecule has 0 fully saturated rings. The minimum Gasteiger partial charge on any atom is -0.392 e. The summed E-state index contributed by atoms with van der Waals surface area (Å²) in [7, 11) is -3.42. The van der Waals surface area contributed by atoms with Gasteiger partial charge in [0.25, 0.3) is 0 Å². The van der Waals surface area contributed by atoms with Crippen molar-refractivity contribution < 1.29 is 13.5 Å². The van der Waals surface area contributed by atoms with Crippen LogP contribution in [-0.4, -0.2) is 13.5 Å². The third-order valence-corrected chi connectivity index (χ3v) is 3.87. The lowest BCUT2D eigenvalue weighted by Gasteiger charge is -2.08. The maximum Gasteiger partial charge on any atom is 0.236 e. The molecule has 0 saturated heterocycles. The smallest absolute Gasteiger partial charge is 0.236 e. The maximum atomic E-state index is 12.0. The third kappa shape index (κ3) is 4.08. The molecule has 0 spiro atoms. The summed E-state index contributed by atoms with van der Waals surface area (Å²) in [5, 5.41) is 8.93. The number of para-hydroxylation sites is 1. The van der Waals surface area contributed by atoms with Crippen molar-refractivity contribution in [2.75, 3.05) is 4.72 Å². The van der Waals surface area contributed by atoms with E-state index in [0.717, 1.165) is 5.56 Å². The lowest BCUT2D eigenvalue weighted by Crippen LogP contribution is -2.14. The Kier molecular flexibility index (Phi) is 4.19. The van der Waals surface area contributed by atoms with Crippen molar-refractivity contribution in [3.05, 3.63) is 65.7 Å². The molecule has 0 bridgehead atoms. The van der Waals surface area contributed by atoms with Crippen LogP contribution in [0.15, 0.2) is 54.6 Å². The summed E-state index contributed by atoms with van der Waals surface area (Å²) < 4.78 is 26.4. The first kappa shape index (κ1) is 13.6. The fraction of sp³-hybridized carbons (Fsp3) is 0.143. The number of aliphatic hydroxyl groups is 1. The average Bonchev–Trinajstić information content (AvgIpc) is 2.39. The van der Waals surface area contributed by atoms with E-state index in [0.29, 0.717) is 11.3 Å². The zero-order chi connectivity index (χ0) is 13.7. The molecule has 4 nitrogen and oxygen atoms in total. The highest BCUT2D eigenvalue weighted by atomic mass is 32.2. The van der Waals surface area contributed by atoms with Crippen LogP contribution in [0.1, 0.15) is 11.1 Å². The predicted molar refractivity (Wildman–Crippen MR) is 75.1 cm³/mol. The average molecular weight is 277 g/mol. The van der Waals surface area contributed by atoms with Crippen molar-refractivity contribution in [2.24, 2.45) is 0 Å². The summed E-state index contributed by atoms with van der Waals surface area (Å²) in [6.45, 7) is -0.0463. The van der Waals surface area contributed by atoms with Crippen LogP contribution >= 0.6 is 0 Å². The fourth-order valence-corrected chi connectivity index (χ4v) is 2.88. The number of aliphatic hydroxyl groups excluding tert-OH is 1. The number of nitrogens with one attached hydrogen (secondary N) is 1. The van der Waals surface area contributed by atoms with E-state index in [9.17, 15) is 8.42 Å². The molecule has 2 aromatic carbocycles. The van der Waals surface area contributed by atoms with Gasteiger partial charge in [0.15, 0.2) is 0 Å². The van der Waals surface area contributed by atoms with Gasteiger partial charge < -0.3 is 5.11 Å². The number of hydrogen-bond donors (Lipinski definition) is 2.